The van der Waals surface area contributed by atoms with Gasteiger partial charge in [-0.15, -0.1) is 0 Å². The van der Waals surface area contributed by atoms with Crippen LogP contribution in [0.5, 0.6) is 0 Å². The van der Waals surface area contributed by atoms with Crippen molar-refractivity contribution in [2.24, 2.45) is 0 Å². The Kier molecular flexibility index (Phi) is 272. The third kappa shape index (κ3) is 27.7. The molecule has 5 heavy (non-hydrogen) atoms. The Hall–Kier alpha value is 1.65. The van der Waals surface area contributed by atoms with E-state index in [1.165, 1.54) is 0 Å². The van der Waals surface area contributed by atoms with Crippen LogP contribution in [0.1, 0.15) is 0 Å². The molecule has 5 heteroatoms. The van der Waals surface area contributed by atoms with Crippen LogP contribution in [0.4, 0.5) is 0 Å². The smallest absolute Gasteiger partial charge is 2.00 e. The summed E-state index contributed by atoms with van der Waals surface area (Å²) in [7, 11) is 1.72. The molecule has 0 radical (unpaired) electrons. The van der Waals surface area contributed by atoms with Crippen molar-refractivity contribution in [2.75, 3.05) is 0 Å². The van der Waals surface area contributed by atoms with E-state index in [0.717, 1.165) is 0 Å². The first kappa shape index (κ1) is 30.3. The third-order valence-corrected chi connectivity index (χ3v) is 0. The molecule has 0 saturated heterocycles. The van der Waals surface area contributed by atoms with E-state index in [9.17, 15) is 0 Å². The summed E-state index contributed by atoms with van der Waals surface area (Å²) in [4.78, 5) is 0. The first-order valence-electron chi connectivity index (χ1n) is 0.204. The van der Waals surface area contributed by atoms with Crippen LogP contribution in [0.25, 0.3) is 0 Å². The molecule has 16 valence electrons. The van der Waals surface area contributed by atoms with E-state index < -0.39 is 0 Å². The van der Waals surface area contributed by atoms with E-state index in [-0.39, 0.29) is 55.2 Å². The summed E-state index contributed by atoms with van der Waals surface area (Å²) in [6, 6.07) is 0. The summed E-state index contributed by atoms with van der Waals surface area (Å²) in [6.45, 7) is 0. The van der Waals surface area contributed by atoms with Crippen molar-refractivity contribution in [1.82, 2.24) is 0 Å². The average Bonchev–Trinajstić information content (AvgIpc) is 1.00. The van der Waals surface area contributed by atoms with Crippen LogP contribution in [-0.4, -0.2) is 59.9 Å². The van der Waals surface area contributed by atoms with E-state index in [1.807, 2.05) is 0 Å². The van der Waals surface area contributed by atoms with Gasteiger partial charge >= 0.3 is 64.3 Å². The molecule has 0 aromatic rings. The maximum absolute atomic E-state index is 8.06. The van der Waals surface area contributed by atoms with Gasteiger partial charge in [-0.25, -0.2) is 0 Å². The molecule has 0 unspecified atom stereocenters. The molecule has 0 saturated carbocycles. The van der Waals surface area contributed by atoms with Crippen LogP contribution >= 0.6 is 0 Å². The van der Waals surface area contributed by atoms with Crippen LogP contribution in [0, 0.1) is 0 Å². The summed E-state index contributed by atoms with van der Waals surface area (Å²) < 4.78 is 8.06. The molecule has 0 heterocycles. The third-order valence-electron chi connectivity index (χ3n) is 0. The van der Waals surface area contributed by atoms with Crippen LogP contribution in [0.15, 0.2) is 0 Å². The Balaban J connectivity index is -0.00000000167. The van der Waals surface area contributed by atoms with Crippen molar-refractivity contribution in [3.05, 3.63) is 0 Å². The van der Waals surface area contributed by atoms with Gasteiger partial charge in [-0.05, 0) is 0 Å². The van der Waals surface area contributed by atoms with E-state index in [4.69, 9.17) is 4.46 Å². The molecular weight excluding hydrogens is 294 g/mol. The van der Waals surface area contributed by atoms with Crippen molar-refractivity contribution in [2.45, 2.75) is 0 Å². The molecule has 0 spiro atoms. The summed E-state index contributed by atoms with van der Waals surface area (Å²) >= 11 is 0. The van der Waals surface area contributed by atoms with Gasteiger partial charge in [-0.1, -0.05) is 0 Å². The second kappa shape index (κ2) is 45.0. The van der Waals surface area contributed by atoms with Crippen molar-refractivity contribution in [3.63, 3.8) is 0 Å². The van der Waals surface area contributed by atoms with Crippen molar-refractivity contribution < 1.29 is 9.94 Å². The molecule has 0 aliphatic heterocycles. The Labute approximate surface area is 69.2 Å². The molecule has 0 bridgehead atoms. The maximum Gasteiger partial charge on any atom is 4.00 e. The fourth-order valence-corrected chi connectivity index (χ4v) is 0. The predicted octanol–water partition coefficient (Wildman–Crippen LogP) is -1.38. The van der Waals surface area contributed by atoms with Gasteiger partial charge in [0.05, 0.1) is 0 Å². The fourth-order valence-electron chi connectivity index (χ4n) is 0. The zero-order valence-corrected chi connectivity index (χ0v) is 9.54. The maximum atomic E-state index is 8.06. The second-order valence-electron chi connectivity index (χ2n) is 0. The first-order valence-corrected chi connectivity index (χ1v) is 0.612. The molecule has 0 aromatic carbocycles. The van der Waals surface area contributed by atoms with Crippen LogP contribution in [0.3, 0.4) is 0 Å². The van der Waals surface area contributed by atoms with Gasteiger partial charge in [-0.3, -0.25) is 0 Å². The van der Waals surface area contributed by atoms with Gasteiger partial charge in [0.15, 0.2) is 0 Å². The Morgan fingerprint density at radius 2 is 1.20 bits per heavy atom. The molecule has 0 aromatic heterocycles. The van der Waals surface area contributed by atoms with Gasteiger partial charge in [0, 0.05) is 0 Å². The first-order chi connectivity index (χ1) is 1.00. The zero-order valence-electron chi connectivity index (χ0n) is 2.39. The van der Waals surface area contributed by atoms with Crippen LogP contribution < -0.4 is 0 Å². The van der Waals surface area contributed by atoms with Crippen LogP contribution in [-0.2, 0) is 9.94 Å². The van der Waals surface area contributed by atoms with E-state index >= 15 is 0 Å². The second-order valence-corrected chi connectivity index (χ2v) is 0. The molecule has 0 N–H and O–H groups in total. The van der Waals surface area contributed by atoms with Crippen molar-refractivity contribution in [3.8, 4) is 0 Å². The molecule has 0 atom stereocenters. The minimum absolute atomic E-state index is 0. The summed E-state index contributed by atoms with van der Waals surface area (Å²) in [5.41, 5.74) is 0. The van der Waals surface area contributed by atoms with Gasteiger partial charge < -0.3 is 5.48 Å². The number of hydrogen-bond donors (Lipinski definition) is 0. The SMILES string of the molecule is O=[Si+2].[In+3].[O-2].[Sn+4]. The molecular formula is InO2SiSn+7. The molecule has 0 aliphatic rings. The van der Waals surface area contributed by atoms with Crippen molar-refractivity contribution >= 4 is 59.9 Å². The minimum atomic E-state index is 0. The molecule has 0 aliphatic carbocycles. The molecule has 0 rings (SSSR count). The predicted molar refractivity (Wildman–Crippen MR) is 18.6 cm³/mol. The molecule has 2 nitrogen and oxygen atoms in total. The molecule has 0 amide bonds. The van der Waals surface area contributed by atoms with E-state index in [0.29, 0.717) is 0 Å². The zero-order chi connectivity index (χ0) is 2.00. The summed E-state index contributed by atoms with van der Waals surface area (Å²) in [5, 5.41) is 0. The minimum Gasteiger partial charge on any atom is -2.00 e. The van der Waals surface area contributed by atoms with Gasteiger partial charge in [0.1, 0.15) is 0 Å². The Morgan fingerprint density at radius 1 is 1.20 bits per heavy atom. The Bertz CT molecular complexity index is 9.61. The topological polar surface area (TPSA) is 45.6 Å². The Morgan fingerprint density at radius 3 is 1.20 bits per heavy atom. The van der Waals surface area contributed by atoms with Gasteiger partial charge in [0.2, 0.25) is 0 Å². The number of rotatable bonds is 0. The fraction of sp³-hybridized carbons (Fsp3) is 0. The monoisotopic (exact) mass is 295 g/mol. The van der Waals surface area contributed by atoms with Crippen molar-refractivity contribution in [1.29, 1.82) is 0 Å². The summed E-state index contributed by atoms with van der Waals surface area (Å²) in [5.74, 6) is 0. The average molecular weight is 294 g/mol. The van der Waals surface area contributed by atoms with Gasteiger partial charge in [0.25, 0.3) is 0 Å². The quantitative estimate of drug-likeness (QED) is 0.508. The largest absolute Gasteiger partial charge is 4.00 e. The van der Waals surface area contributed by atoms with Crippen LogP contribution in [0.2, 0.25) is 0 Å². The molecule has 0 fully saturated rings. The van der Waals surface area contributed by atoms with E-state index in [2.05, 4.69) is 0 Å². The summed E-state index contributed by atoms with van der Waals surface area (Å²) in [6.07, 6.45) is 0. The standard InChI is InChI=1S/In.OSi.O.Sn/c;1-2;;/q+3;+2;-2;+4. The van der Waals surface area contributed by atoms with E-state index in [1.54, 1.807) is 10.1 Å². The normalized spacial score (nSPS) is 1.20. The van der Waals surface area contributed by atoms with Gasteiger partial charge in [-0.2, -0.15) is 0 Å². The number of hydrogen-bond acceptors (Lipinski definition) is 1.